The van der Waals surface area contributed by atoms with Crippen LogP contribution in [0, 0.1) is 5.92 Å². The SMILES string of the molecule is CC(CCBr)CNC(=O)Cc1ccc2ccccc2c1. The van der Waals surface area contributed by atoms with Crippen LogP contribution in [0.15, 0.2) is 42.5 Å². The second-order valence-electron chi connectivity index (χ2n) is 5.25. The number of amides is 1. The highest BCUT2D eigenvalue weighted by atomic mass is 79.9. The minimum atomic E-state index is 0.0988. The van der Waals surface area contributed by atoms with Gasteiger partial charge in [-0.3, -0.25) is 4.79 Å². The van der Waals surface area contributed by atoms with E-state index in [1.54, 1.807) is 0 Å². The van der Waals surface area contributed by atoms with Crippen molar-refractivity contribution in [2.45, 2.75) is 19.8 Å². The summed E-state index contributed by atoms with van der Waals surface area (Å²) in [4.78, 5) is 11.9. The molecule has 3 heteroatoms. The van der Waals surface area contributed by atoms with E-state index in [0.29, 0.717) is 12.3 Å². The molecule has 1 unspecified atom stereocenters. The first kappa shape index (κ1) is 15.0. The molecule has 2 rings (SSSR count). The number of halogens is 1. The molecule has 0 aliphatic carbocycles. The molecule has 1 amide bonds. The molecular formula is C17H20BrNO. The molecule has 0 saturated heterocycles. The number of carbonyl (C=O) groups is 1. The van der Waals surface area contributed by atoms with Crippen molar-refractivity contribution >= 4 is 32.6 Å². The molecule has 1 atom stereocenters. The van der Waals surface area contributed by atoms with Gasteiger partial charge in [-0.2, -0.15) is 0 Å². The van der Waals surface area contributed by atoms with E-state index in [-0.39, 0.29) is 5.91 Å². The van der Waals surface area contributed by atoms with Crippen molar-refractivity contribution in [1.82, 2.24) is 5.32 Å². The molecule has 0 aliphatic rings. The third kappa shape index (κ3) is 4.34. The van der Waals surface area contributed by atoms with Crippen molar-refractivity contribution in [2.75, 3.05) is 11.9 Å². The fourth-order valence-electron chi connectivity index (χ4n) is 2.17. The van der Waals surface area contributed by atoms with Gasteiger partial charge in [0.1, 0.15) is 0 Å². The lowest BCUT2D eigenvalue weighted by molar-refractivity contribution is -0.120. The van der Waals surface area contributed by atoms with Crippen LogP contribution in [0.25, 0.3) is 10.8 Å². The third-order valence-electron chi connectivity index (χ3n) is 3.43. The second kappa shape index (κ2) is 7.44. The summed E-state index contributed by atoms with van der Waals surface area (Å²) in [5.74, 6) is 0.608. The fraction of sp³-hybridized carbons (Fsp3) is 0.353. The average Bonchev–Trinajstić information content (AvgIpc) is 2.45. The highest BCUT2D eigenvalue weighted by Gasteiger charge is 2.06. The van der Waals surface area contributed by atoms with Gasteiger partial charge in [-0.25, -0.2) is 0 Å². The lowest BCUT2D eigenvalue weighted by atomic mass is 10.0. The molecule has 0 aliphatic heterocycles. The Balaban J connectivity index is 1.92. The first-order chi connectivity index (χ1) is 9.69. The Morgan fingerprint density at radius 3 is 2.70 bits per heavy atom. The van der Waals surface area contributed by atoms with Gasteiger partial charge in [0, 0.05) is 11.9 Å². The molecule has 2 aromatic carbocycles. The van der Waals surface area contributed by atoms with Crippen LogP contribution in [0.1, 0.15) is 18.9 Å². The standard InChI is InChI=1S/C17H20BrNO/c1-13(8-9-18)12-19-17(20)11-14-6-7-15-4-2-3-5-16(15)10-14/h2-7,10,13H,8-9,11-12H2,1H3,(H,19,20). The molecular weight excluding hydrogens is 314 g/mol. The summed E-state index contributed by atoms with van der Waals surface area (Å²) in [5, 5.41) is 6.38. The average molecular weight is 334 g/mol. The van der Waals surface area contributed by atoms with Crippen LogP contribution in [0.4, 0.5) is 0 Å². The van der Waals surface area contributed by atoms with Gasteiger partial charge < -0.3 is 5.32 Å². The molecule has 0 fully saturated rings. The van der Waals surface area contributed by atoms with Gasteiger partial charge in [0.2, 0.25) is 5.91 Å². The van der Waals surface area contributed by atoms with Crippen molar-refractivity contribution in [1.29, 1.82) is 0 Å². The van der Waals surface area contributed by atoms with Crippen LogP contribution in [0.5, 0.6) is 0 Å². The number of nitrogens with one attached hydrogen (secondary N) is 1. The predicted molar refractivity (Wildman–Crippen MR) is 88.2 cm³/mol. The lowest BCUT2D eigenvalue weighted by Crippen LogP contribution is -2.29. The number of carbonyl (C=O) groups excluding carboxylic acids is 1. The second-order valence-corrected chi connectivity index (χ2v) is 6.04. The zero-order valence-corrected chi connectivity index (χ0v) is 13.3. The van der Waals surface area contributed by atoms with Crippen molar-refractivity contribution in [3.63, 3.8) is 0 Å². The highest BCUT2D eigenvalue weighted by molar-refractivity contribution is 9.09. The summed E-state index contributed by atoms with van der Waals surface area (Å²) in [5.41, 5.74) is 1.06. The maximum atomic E-state index is 11.9. The zero-order valence-electron chi connectivity index (χ0n) is 11.7. The summed E-state index contributed by atoms with van der Waals surface area (Å²) >= 11 is 3.42. The van der Waals surface area contributed by atoms with Crippen molar-refractivity contribution in [3.8, 4) is 0 Å². The number of benzene rings is 2. The Morgan fingerprint density at radius 1 is 1.20 bits per heavy atom. The first-order valence-electron chi connectivity index (χ1n) is 6.99. The fourth-order valence-corrected chi connectivity index (χ4v) is 2.95. The molecule has 2 aromatic rings. The molecule has 0 saturated carbocycles. The minimum absolute atomic E-state index is 0.0988. The van der Waals surface area contributed by atoms with Gasteiger partial charge in [0.15, 0.2) is 0 Å². The van der Waals surface area contributed by atoms with E-state index < -0.39 is 0 Å². The van der Waals surface area contributed by atoms with E-state index in [1.165, 1.54) is 10.8 Å². The van der Waals surface area contributed by atoms with Gasteiger partial charge in [-0.15, -0.1) is 0 Å². The Bertz CT molecular complexity index is 582. The van der Waals surface area contributed by atoms with Crippen molar-refractivity contribution in [2.24, 2.45) is 5.92 Å². The van der Waals surface area contributed by atoms with Gasteiger partial charge in [0.25, 0.3) is 0 Å². The number of rotatable bonds is 6. The molecule has 106 valence electrons. The molecule has 20 heavy (non-hydrogen) atoms. The Morgan fingerprint density at radius 2 is 1.95 bits per heavy atom. The van der Waals surface area contributed by atoms with E-state index >= 15 is 0 Å². The Labute approximate surface area is 128 Å². The number of hydrogen-bond donors (Lipinski definition) is 1. The summed E-state index contributed by atoms with van der Waals surface area (Å²) in [6.07, 6.45) is 1.53. The van der Waals surface area contributed by atoms with Crippen LogP contribution in [-0.4, -0.2) is 17.8 Å². The van der Waals surface area contributed by atoms with Crippen molar-refractivity contribution in [3.05, 3.63) is 48.0 Å². The minimum Gasteiger partial charge on any atom is -0.356 e. The zero-order chi connectivity index (χ0) is 14.4. The molecule has 0 spiro atoms. The monoisotopic (exact) mass is 333 g/mol. The smallest absolute Gasteiger partial charge is 0.224 e. The summed E-state index contributed by atoms with van der Waals surface area (Å²) in [7, 11) is 0. The van der Waals surface area contributed by atoms with Crippen LogP contribution < -0.4 is 5.32 Å². The summed E-state index contributed by atoms with van der Waals surface area (Å²) < 4.78 is 0. The van der Waals surface area contributed by atoms with Crippen molar-refractivity contribution < 1.29 is 4.79 Å². The van der Waals surface area contributed by atoms with Gasteiger partial charge in [-0.1, -0.05) is 65.3 Å². The predicted octanol–water partition coefficient (Wildman–Crippen LogP) is 3.92. The van der Waals surface area contributed by atoms with Gasteiger partial charge in [-0.05, 0) is 28.7 Å². The molecule has 1 N–H and O–H groups in total. The largest absolute Gasteiger partial charge is 0.356 e. The quantitative estimate of drug-likeness (QED) is 0.797. The number of alkyl halides is 1. The maximum Gasteiger partial charge on any atom is 0.224 e. The van der Waals surface area contributed by atoms with Crippen LogP contribution in [0.3, 0.4) is 0 Å². The van der Waals surface area contributed by atoms with E-state index in [4.69, 9.17) is 0 Å². The van der Waals surface area contributed by atoms with Crippen LogP contribution in [0.2, 0.25) is 0 Å². The van der Waals surface area contributed by atoms with E-state index in [2.05, 4.69) is 52.4 Å². The van der Waals surface area contributed by atoms with Crippen LogP contribution in [-0.2, 0) is 11.2 Å². The maximum absolute atomic E-state index is 11.9. The molecule has 0 bridgehead atoms. The topological polar surface area (TPSA) is 29.1 Å². The first-order valence-corrected chi connectivity index (χ1v) is 8.11. The van der Waals surface area contributed by atoms with E-state index in [9.17, 15) is 4.79 Å². The Kier molecular flexibility index (Phi) is 5.60. The normalized spacial score (nSPS) is 12.3. The summed E-state index contributed by atoms with van der Waals surface area (Å²) in [6, 6.07) is 14.4. The third-order valence-corrected chi connectivity index (χ3v) is 3.89. The number of hydrogen-bond acceptors (Lipinski definition) is 1. The molecule has 2 nitrogen and oxygen atoms in total. The number of fused-ring (bicyclic) bond motifs is 1. The lowest BCUT2D eigenvalue weighted by Gasteiger charge is -2.11. The summed E-state index contributed by atoms with van der Waals surface area (Å²) in [6.45, 7) is 2.90. The van der Waals surface area contributed by atoms with Gasteiger partial charge >= 0.3 is 0 Å². The Hall–Kier alpha value is -1.35. The highest BCUT2D eigenvalue weighted by Crippen LogP contribution is 2.16. The van der Waals surface area contributed by atoms with Crippen LogP contribution >= 0.6 is 15.9 Å². The molecule has 0 heterocycles. The van der Waals surface area contributed by atoms with Gasteiger partial charge in [0.05, 0.1) is 6.42 Å². The van der Waals surface area contributed by atoms with E-state index in [1.807, 2.05) is 18.2 Å². The molecule has 0 radical (unpaired) electrons. The molecule has 0 aromatic heterocycles. The van der Waals surface area contributed by atoms with E-state index in [0.717, 1.165) is 23.9 Å².